The molecule has 0 unspecified atom stereocenters. The first kappa shape index (κ1) is 23.0. The van der Waals surface area contributed by atoms with Crippen molar-refractivity contribution >= 4 is 34.9 Å². The fourth-order valence-electron chi connectivity index (χ4n) is 2.96. The highest BCUT2D eigenvalue weighted by atomic mass is 32.2. The number of morpholine rings is 1. The summed E-state index contributed by atoms with van der Waals surface area (Å²) in [5.74, 6) is -1.07. The van der Waals surface area contributed by atoms with Crippen molar-refractivity contribution in [2.45, 2.75) is 11.2 Å². The van der Waals surface area contributed by atoms with Crippen molar-refractivity contribution in [2.75, 3.05) is 37.1 Å². The molecule has 0 radical (unpaired) electrons. The molecule has 9 nitrogen and oxygen atoms in total. The van der Waals surface area contributed by atoms with Crippen LogP contribution in [0.2, 0.25) is 0 Å². The third-order valence-corrected chi connectivity index (χ3v) is 6.32. The Morgan fingerprint density at radius 1 is 1.39 bits per heavy atom. The Labute approximate surface area is 193 Å². The van der Waals surface area contributed by atoms with Crippen LogP contribution in [0.4, 0.5) is 19.1 Å². The molecule has 14 heteroatoms. The molecule has 4 heterocycles. The molecule has 3 aromatic rings. The number of ether oxygens (including phenoxy) is 1. The zero-order valence-electron chi connectivity index (χ0n) is 16.8. The monoisotopic (exact) mass is 496 g/mol. The Bertz CT molecular complexity index is 1180. The van der Waals surface area contributed by atoms with Crippen LogP contribution in [-0.4, -0.2) is 48.2 Å². The number of hydrogen-bond donors (Lipinski definition) is 0. The van der Waals surface area contributed by atoms with E-state index in [-0.39, 0.29) is 22.4 Å². The molecule has 3 aromatic heterocycles. The van der Waals surface area contributed by atoms with E-state index < -0.39 is 23.2 Å². The third-order valence-electron chi connectivity index (χ3n) is 4.47. The second-order valence-electron chi connectivity index (χ2n) is 6.64. The maximum atomic E-state index is 13.6. The molecular formula is C19H15F3N6O3S2. The van der Waals surface area contributed by atoms with Gasteiger partial charge in [-0.05, 0) is 23.4 Å². The molecule has 0 saturated carbocycles. The molecule has 33 heavy (non-hydrogen) atoms. The van der Waals surface area contributed by atoms with E-state index in [4.69, 9.17) is 9.26 Å². The molecule has 0 spiro atoms. The van der Waals surface area contributed by atoms with Crippen molar-refractivity contribution in [1.29, 1.82) is 5.26 Å². The average molecular weight is 496 g/mol. The van der Waals surface area contributed by atoms with Gasteiger partial charge in [0.2, 0.25) is 5.27 Å². The average Bonchev–Trinajstić information content (AvgIpc) is 3.49. The van der Waals surface area contributed by atoms with E-state index in [0.717, 1.165) is 6.07 Å². The zero-order valence-corrected chi connectivity index (χ0v) is 18.4. The van der Waals surface area contributed by atoms with Crippen LogP contribution in [0.25, 0.3) is 10.6 Å². The minimum absolute atomic E-state index is 0.0520. The first-order chi connectivity index (χ1) is 15.8. The highest BCUT2D eigenvalue weighted by Crippen LogP contribution is 2.38. The molecule has 1 fully saturated rings. The van der Waals surface area contributed by atoms with Gasteiger partial charge in [0, 0.05) is 5.75 Å². The normalized spacial score (nSPS) is 15.0. The molecular weight excluding hydrogens is 481 g/mol. The van der Waals surface area contributed by atoms with Crippen molar-refractivity contribution < 1.29 is 32.3 Å². The Balaban J connectivity index is 1.55. The molecule has 0 bridgehead atoms. The number of halogens is 3. The number of pyridine rings is 1. The Morgan fingerprint density at radius 2 is 2.18 bits per heavy atom. The summed E-state index contributed by atoms with van der Waals surface area (Å²) in [4.78, 5) is 9.92. The summed E-state index contributed by atoms with van der Waals surface area (Å²) in [6, 6.07) is 5.72. The molecule has 0 aromatic carbocycles. The van der Waals surface area contributed by atoms with Crippen LogP contribution in [0.5, 0.6) is 0 Å². The van der Waals surface area contributed by atoms with Crippen LogP contribution in [-0.2, 0) is 10.9 Å². The quantitative estimate of drug-likeness (QED) is 0.221. The molecule has 0 N–H and O–H groups in total. The number of rotatable bonds is 6. The van der Waals surface area contributed by atoms with E-state index in [1.54, 1.807) is 23.6 Å². The number of alkyl halides is 3. The summed E-state index contributed by atoms with van der Waals surface area (Å²) in [7, 11) is 0. The first-order valence-electron chi connectivity index (χ1n) is 9.50. The SMILES string of the molecule is N#Cc1c(C(F)(F)F)cc(-c2cccs2)nc1SC/C([O-])=N/c1c[n+](N2CCOCC2)no1. The van der Waals surface area contributed by atoms with Crippen molar-refractivity contribution in [3.8, 4) is 16.6 Å². The number of thiophene rings is 1. The second kappa shape index (κ2) is 9.77. The predicted octanol–water partition coefficient (Wildman–Crippen LogP) is 2.13. The molecule has 1 aliphatic rings. The van der Waals surface area contributed by atoms with Crippen LogP contribution in [0, 0.1) is 11.3 Å². The van der Waals surface area contributed by atoms with Crippen LogP contribution < -0.4 is 14.9 Å². The minimum Gasteiger partial charge on any atom is -0.861 e. The molecule has 1 saturated heterocycles. The Hall–Kier alpha value is -3.15. The topological polar surface area (TPSA) is 114 Å². The van der Waals surface area contributed by atoms with Gasteiger partial charge >= 0.3 is 12.1 Å². The molecule has 0 atom stereocenters. The fraction of sp³-hybridized carbons (Fsp3) is 0.316. The number of aliphatic imine (C=N–C) groups is 1. The highest BCUT2D eigenvalue weighted by molar-refractivity contribution is 7.99. The number of nitrogens with zero attached hydrogens (tertiary/aromatic N) is 6. The summed E-state index contributed by atoms with van der Waals surface area (Å²) in [6.07, 6.45) is -3.33. The van der Waals surface area contributed by atoms with Crippen LogP contribution in [0.3, 0.4) is 0 Å². The lowest BCUT2D eigenvalue weighted by Gasteiger charge is -2.18. The Kier molecular flexibility index (Phi) is 6.82. The molecule has 0 amide bonds. The van der Waals surface area contributed by atoms with Gasteiger partial charge in [-0.3, -0.25) is 4.52 Å². The summed E-state index contributed by atoms with van der Waals surface area (Å²) in [5, 5.41) is 28.8. The molecule has 4 rings (SSSR count). The van der Waals surface area contributed by atoms with Crippen molar-refractivity contribution in [2.24, 2.45) is 4.99 Å². The maximum Gasteiger partial charge on any atom is 0.417 e. The smallest absolute Gasteiger partial charge is 0.417 e. The molecule has 0 aliphatic carbocycles. The van der Waals surface area contributed by atoms with Crippen molar-refractivity contribution in [1.82, 2.24) is 10.3 Å². The lowest BCUT2D eigenvalue weighted by molar-refractivity contribution is -0.759. The van der Waals surface area contributed by atoms with Gasteiger partial charge in [0.1, 0.15) is 11.1 Å². The fourth-order valence-corrected chi connectivity index (χ4v) is 4.44. The number of hydrogen-bond acceptors (Lipinski definition) is 10. The van der Waals surface area contributed by atoms with E-state index in [0.29, 0.717) is 42.9 Å². The van der Waals surface area contributed by atoms with E-state index in [1.165, 1.54) is 22.3 Å². The summed E-state index contributed by atoms with van der Waals surface area (Å²) < 4.78 is 51.0. The van der Waals surface area contributed by atoms with Crippen LogP contribution in [0.15, 0.2) is 44.3 Å². The summed E-state index contributed by atoms with van der Waals surface area (Å²) >= 11 is 1.92. The van der Waals surface area contributed by atoms with Crippen LogP contribution in [0.1, 0.15) is 11.1 Å². The van der Waals surface area contributed by atoms with E-state index in [2.05, 4.69) is 15.2 Å². The summed E-state index contributed by atoms with van der Waals surface area (Å²) in [6.45, 7) is 2.23. The van der Waals surface area contributed by atoms with Gasteiger partial charge in [-0.1, -0.05) is 17.8 Å². The van der Waals surface area contributed by atoms with Gasteiger partial charge in [-0.25, -0.2) is 9.98 Å². The van der Waals surface area contributed by atoms with E-state index >= 15 is 0 Å². The standard InChI is InChI=1S/C19H15F3N6O3S2/c20-19(21,22)13-8-14(15-2-1-7-32-15)24-18(12(13)9-23)33-11-16(29)25-17-10-28(26-31-17)27-3-5-30-6-4-27/h1-2,7-8,10H,3-6,11H2. The number of aromatic nitrogens is 3. The predicted molar refractivity (Wildman–Crippen MR) is 111 cm³/mol. The Morgan fingerprint density at radius 3 is 2.85 bits per heavy atom. The molecule has 1 aliphatic heterocycles. The highest BCUT2D eigenvalue weighted by Gasteiger charge is 2.36. The lowest BCUT2D eigenvalue weighted by Crippen LogP contribution is -2.62. The van der Waals surface area contributed by atoms with Gasteiger partial charge < -0.3 is 9.84 Å². The molecule has 172 valence electrons. The number of thioether (sulfide) groups is 1. The summed E-state index contributed by atoms with van der Waals surface area (Å²) in [5.41, 5.74) is -1.66. The van der Waals surface area contributed by atoms with Gasteiger partial charge in [0.25, 0.3) is 6.20 Å². The second-order valence-corrected chi connectivity index (χ2v) is 8.55. The van der Waals surface area contributed by atoms with Gasteiger partial charge in [0.15, 0.2) is 0 Å². The van der Waals surface area contributed by atoms with Crippen molar-refractivity contribution in [3.63, 3.8) is 0 Å². The van der Waals surface area contributed by atoms with Gasteiger partial charge in [0.05, 0.1) is 52.8 Å². The lowest BCUT2D eigenvalue weighted by atomic mass is 10.1. The van der Waals surface area contributed by atoms with Crippen molar-refractivity contribution in [3.05, 3.63) is 40.9 Å². The van der Waals surface area contributed by atoms with E-state index in [1.807, 2.05) is 5.01 Å². The van der Waals surface area contributed by atoms with Gasteiger partial charge in [-0.2, -0.15) is 18.4 Å². The van der Waals surface area contributed by atoms with Gasteiger partial charge in [-0.15, -0.1) is 16.3 Å². The van der Waals surface area contributed by atoms with Crippen LogP contribution >= 0.6 is 23.1 Å². The number of nitriles is 1. The maximum absolute atomic E-state index is 13.6. The third kappa shape index (κ3) is 5.44. The largest absolute Gasteiger partial charge is 0.861 e. The first-order valence-corrected chi connectivity index (χ1v) is 11.4. The zero-order chi connectivity index (χ0) is 23.4. The minimum atomic E-state index is -4.75. The van der Waals surface area contributed by atoms with E-state index in [9.17, 15) is 23.5 Å².